The van der Waals surface area contributed by atoms with Crippen molar-refractivity contribution in [1.82, 2.24) is 5.32 Å². The molecule has 1 saturated carbocycles. The number of aryl methyl sites for hydroxylation is 2. The second kappa shape index (κ2) is 10.3. The molecule has 1 aliphatic carbocycles. The number of anilines is 1. The van der Waals surface area contributed by atoms with E-state index in [1.807, 2.05) is 6.92 Å². The highest BCUT2D eigenvalue weighted by Gasteiger charge is 2.64. The number of sulfonamides is 1. The number of halogens is 4. The number of carbonyl (C=O) groups is 1. The molecule has 1 heterocycles. The standard InChI is InChI=1S/C29H36F4N2O4S/c1-19-7-12-23(13-8-19)40(38,39)35-22(18-25(36)34-26(2)15-5-6-16-26)11-9-20-17-21(10-14-24(20)35)29(37,27(3,30)31)28(4,32)33/h7-8,10,12-14,17,22,37H,5-6,9,11,15-16,18H2,1-4H3,(H,34,36). The third kappa shape index (κ3) is 5.46. The number of rotatable bonds is 8. The number of hydrogen-bond acceptors (Lipinski definition) is 4. The van der Waals surface area contributed by atoms with Crippen LogP contribution in [0.4, 0.5) is 23.2 Å². The van der Waals surface area contributed by atoms with Crippen molar-refractivity contribution in [3.8, 4) is 0 Å². The molecule has 2 aliphatic rings. The number of carbonyl (C=O) groups excluding carboxylic acids is 1. The average molecular weight is 585 g/mol. The molecule has 0 bridgehead atoms. The summed E-state index contributed by atoms with van der Waals surface area (Å²) >= 11 is 0. The molecule has 1 unspecified atom stereocenters. The van der Waals surface area contributed by atoms with Gasteiger partial charge in [-0.3, -0.25) is 9.10 Å². The van der Waals surface area contributed by atoms with E-state index in [9.17, 15) is 35.9 Å². The van der Waals surface area contributed by atoms with Crippen molar-refractivity contribution in [2.45, 2.75) is 107 Å². The number of nitrogens with zero attached hydrogens (tertiary/aromatic N) is 1. The van der Waals surface area contributed by atoms with Gasteiger partial charge in [0.1, 0.15) is 0 Å². The Kier molecular flexibility index (Phi) is 7.81. The highest BCUT2D eigenvalue weighted by molar-refractivity contribution is 7.92. The molecule has 220 valence electrons. The number of benzene rings is 2. The Morgan fingerprint density at radius 1 is 1.05 bits per heavy atom. The Bertz CT molecular complexity index is 1350. The number of hydrogen-bond donors (Lipinski definition) is 2. The maximum Gasteiger partial charge on any atom is 0.283 e. The van der Waals surface area contributed by atoms with Gasteiger partial charge in [-0.05, 0) is 68.9 Å². The highest BCUT2D eigenvalue weighted by atomic mass is 32.2. The van der Waals surface area contributed by atoms with E-state index in [1.165, 1.54) is 18.2 Å². The van der Waals surface area contributed by atoms with Gasteiger partial charge in [0.2, 0.25) is 11.5 Å². The van der Waals surface area contributed by atoms with Gasteiger partial charge in [-0.25, -0.2) is 26.0 Å². The monoisotopic (exact) mass is 584 g/mol. The van der Waals surface area contributed by atoms with Crippen LogP contribution in [0.25, 0.3) is 0 Å². The number of amides is 1. The van der Waals surface area contributed by atoms with Crippen LogP contribution in [0.2, 0.25) is 0 Å². The van der Waals surface area contributed by atoms with Gasteiger partial charge in [0, 0.05) is 25.8 Å². The smallest absolute Gasteiger partial charge is 0.283 e. The lowest BCUT2D eigenvalue weighted by Gasteiger charge is -2.41. The molecule has 2 aromatic carbocycles. The molecule has 0 aromatic heterocycles. The first-order chi connectivity index (χ1) is 18.4. The Hall–Kier alpha value is -2.66. The van der Waals surface area contributed by atoms with E-state index >= 15 is 0 Å². The summed E-state index contributed by atoms with van der Waals surface area (Å²) in [4.78, 5) is 13.1. The number of fused-ring (bicyclic) bond motifs is 1. The molecule has 40 heavy (non-hydrogen) atoms. The third-order valence-electron chi connectivity index (χ3n) is 8.23. The van der Waals surface area contributed by atoms with Gasteiger partial charge >= 0.3 is 0 Å². The van der Waals surface area contributed by atoms with E-state index in [4.69, 9.17) is 0 Å². The van der Waals surface area contributed by atoms with E-state index in [-0.39, 0.29) is 60.7 Å². The van der Waals surface area contributed by atoms with Gasteiger partial charge in [-0.2, -0.15) is 0 Å². The summed E-state index contributed by atoms with van der Waals surface area (Å²) in [5.74, 6) is -8.72. The third-order valence-corrected chi connectivity index (χ3v) is 10.1. The van der Waals surface area contributed by atoms with Crippen molar-refractivity contribution in [2.24, 2.45) is 0 Å². The summed E-state index contributed by atoms with van der Waals surface area (Å²) < 4.78 is 86.7. The van der Waals surface area contributed by atoms with E-state index in [0.717, 1.165) is 47.7 Å². The lowest BCUT2D eigenvalue weighted by Crippen LogP contribution is -2.55. The zero-order valence-electron chi connectivity index (χ0n) is 23.1. The average Bonchev–Trinajstić information content (AvgIpc) is 3.27. The number of nitrogens with one attached hydrogen (secondary N) is 1. The predicted octanol–water partition coefficient (Wildman–Crippen LogP) is 5.84. The molecule has 0 spiro atoms. The molecule has 1 amide bonds. The predicted molar refractivity (Wildman–Crippen MR) is 144 cm³/mol. The Balaban J connectivity index is 1.78. The fourth-order valence-corrected chi connectivity index (χ4v) is 7.69. The molecule has 1 atom stereocenters. The lowest BCUT2D eigenvalue weighted by molar-refractivity contribution is -0.278. The van der Waals surface area contributed by atoms with Crippen LogP contribution in [0, 0.1) is 6.92 Å². The maximum absolute atomic E-state index is 14.4. The maximum atomic E-state index is 14.4. The van der Waals surface area contributed by atoms with Crippen LogP contribution < -0.4 is 9.62 Å². The first kappa shape index (κ1) is 30.3. The van der Waals surface area contributed by atoms with Crippen molar-refractivity contribution in [3.63, 3.8) is 0 Å². The largest absolute Gasteiger partial charge is 0.374 e. The topological polar surface area (TPSA) is 86.7 Å². The van der Waals surface area contributed by atoms with Gasteiger partial charge in [0.15, 0.2) is 0 Å². The van der Waals surface area contributed by atoms with Crippen LogP contribution in [0.15, 0.2) is 47.4 Å². The summed E-state index contributed by atoms with van der Waals surface area (Å²) in [5, 5.41) is 13.7. The zero-order valence-corrected chi connectivity index (χ0v) is 23.9. The molecular weight excluding hydrogens is 548 g/mol. The van der Waals surface area contributed by atoms with Crippen molar-refractivity contribution < 1.29 is 35.9 Å². The Morgan fingerprint density at radius 3 is 2.17 bits per heavy atom. The molecule has 1 fully saturated rings. The Labute approximate surface area is 232 Å². The molecule has 11 heteroatoms. The molecule has 4 rings (SSSR count). The van der Waals surface area contributed by atoms with Crippen LogP contribution in [-0.4, -0.2) is 42.9 Å². The second-order valence-electron chi connectivity index (χ2n) is 11.7. The van der Waals surface area contributed by atoms with Gasteiger partial charge in [0.25, 0.3) is 21.9 Å². The summed E-state index contributed by atoms with van der Waals surface area (Å²) in [7, 11) is -4.24. The van der Waals surface area contributed by atoms with Crippen LogP contribution in [-0.2, 0) is 26.8 Å². The van der Waals surface area contributed by atoms with E-state index in [1.54, 1.807) is 19.1 Å². The van der Waals surface area contributed by atoms with Gasteiger partial charge < -0.3 is 10.4 Å². The number of aliphatic hydroxyl groups is 1. The minimum atomic E-state index is -4.24. The quantitative estimate of drug-likeness (QED) is 0.382. The van der Waals surface area contributed by atoms with Crippen LogP contribution in [0.5, 0.6) is 0 Å². The van der Waals surface area contributed by atoms with Crippen molar-refractivity contribution in [2.75, 3.05) is 4.31 Å². The minimum absolute atomic E-state index is 0.0279. The fraction of sp³-hybridized carbons (Fsp3) is 0.552. The fourth-order valence-electron chi connectivity index (χ4n) is 5.97. The first-order valence-electron chi connectivity index (χ1n) is 13.4. The molecule has 2 aromatic rings. The highest BCUT2D eigenvalue weighted by Crippen LogP contribution is 2.49. The van der Waals surface area contributed by atoms with Crippen molar-refractivity contribution in [3.05, 3.63) is 59.2 Å². The van der Waals surface area contributed by atoms with Gasteiger partial charge in [-0.1, -0.05) is 42.7 Å². The minimum Gasteiger partial charge on any atom is -0.374 e. The lowest BCUT2D eigenvalue weighted by atomic mass is 9.81. The number of alkyl halides is 4. The Morgan fingerprint density at radius 2 is 1.62 bits per heavy atom. The zero-order chi connectivity index (χ0) is 29.7. The molecule has 0 radical (unpaired) electrons. The van der Waals surface area contributed by atoms with Crippen LogP contribution >= 0.6 is 0 Å². The SMILES string of the molecule is Cc1ccc(S(=O)(=O)N2c3ccc(C(O)(C(C)(F)F)C(C)(F)F)cc3CCC2CC(=O)NC2(C)CCCC2)cc1. The van der Waals surface area contributed by atoms with Crippen LogP contribution in [0.3, 0.4) is 0 Å². The molecule has 6 nitrogen and oxygen atoms in total. The summed E-state index contributed by atoms with van der Waals surface area (Å²) in [6.45, 7) is 4.21. The summed E-state index contributed by atoms with van der Waals surface area (Å²) in [6.07, 6.45) is 3.79. The first-order valence-corrected chi connectivity index (χ1v) is 14.9. The molecule has 1 aliphatic heterocycles. The van der Waals surface area contributed by atoms with E-state index in [0.29, 0.717) is 0 Å². The van der Waals surface area contributed by atoms with E-state index in [2.05, 4.69) is 5.32 Å². The normalized spacial score (nSPS) is 19.8. The van der Waals surface area contributed by atoms with Crippen LogP contribution in [0.1, 0.15) is 76.0 Å². The van der Waals surface area contributed by atoms with Crippen molar-refractivity contribution >= 4 is 21.6 Å². The van der Waals surface area contributed by atoms with E-state index < -0.39 is 39.1 Å². The van der Waals surface area contributed by atoms with Crippen molar-refractivity contribution in [1.29, 1.82) is 0 Å². The van der Waals surface area contributed by atoms with Gasteiger partial charge in [0.05, 0.1) is 16.6 Å². The molecular formula is C29H36F4N2O4S. The van der Waals surface area contributed by atoms with Gasteiger partial charge in [-0.15, -0.1) is 0 Å². The summed E-state index contributed by atoms with van der Waals surface area (Å²) in [5.41, 5.74) is -3.75. The molecule has 0 saturated heterocycles. The summed E-state index contributed by atoms with van der Waals surface area (Å²) in [6, 6.07) is 8.46. The second-order valence-corrected chi connectivity index (χ2v) is 13.5. The molecule has 2 N–H and O–H groups in total.